The number of hydrogen-bond acceptors (Lipinski definition) is 2. The van der Waals surface area contributed by atoms with Crippen LogP contribution in [0, 0.1) is 0 Å². The first-order chi connectivity index (χ1) is 7.71. The van der Waals surface area contributed by atoms with Gasteiger partial charge in [-0.1, -0.05) is 0 Å². The molecule has 2 saturated heterocycles. The third-order valence-electron chi connectivity index (χ3n) is 4.53. The van der Waals surface area contributed by atoms with E-state index < -0.39 is 0 Å². The van der Waals surface area contributed by atoms with E-state index in [0.717, 1.165) is 12.1 Å². The molecule has 2 atom stereocenters. The molecule has 0 aliphatic carbocycles. The van der Waals surface area contributed by atoms with Gasteiger partial charge in [-0.25, -0.2) is 0 Å². The zero-order chi connectivity index (χ0) is 12.8. The van der Waals surface area contributed by atoms with Crippen molar-refractivity contribution < 1.29 is 0 Å². The van der Waals surface area contributed by atoms with Crippen LogP contribution in [0.3, 0.4) is 0 Å². The van der Waals surface area contributed by atoms with Crippen LogP contribution in [0.2, 0.25) is 0 Å². The monoisotopic (exact) mass is 238 g/mol. The lowest BCUT2D eigenvalue weighted by Gasteiger charge is -2.49. The minimum absolute atomic E-state index is 0.331. The Morgan fingerprint density at radius 3 is 1.71 bits per heavy atom. The molecule has 0 amide bonds. The fourth-order valence-corrected chi connectivity index (χ4v) is 3.85. The molecule has 2 aliphatic rings. The first-order valence-electron chi connectivity index (χ1n) is 7.25. The maximum Gasteiger partial charge on any atom is 0.0269 e. The van der Waals surface area contributed by atoms with Crippen LogP contribution in [0.1, 0.15) is 60.8 Å². The third-order valence-corrected chi connectivity index (χ3v) is 4.53. The molecule has 2 unspecified atom stereocenters. The molecule has 17 heavy (non-hydrogen) atoms. The second-order valence-corrected chi connectivity index (χ2v) is 7.79. The normalized spacial score (nSPS) is 32.8. The van der Waals surface area contributed by atoms with Crippen LogP contribution >= 0.6 is 0 Å². The molecule has 0 N–H and O–H groups in total. The molecule has 0 aromatic heterocycles. The molecule has 0 bridgehead atoms. The van der Waals surface area contributed by atoms with Gasteiger partial charge in [0.15, 0.2) is 0 Å². The van der Waals surface area contributed by atoms with E-state index in [9.17, 15) is 0 Å². The molecule has 0 radical (unpaired) electrons. The maximum absolute atomic E-state index is 2.76. The Morgan fingerprint density at radius 1 is 0.706 bits per heavy atom. The summed E-state index contributed by atoms with van der Waals surface area (Å²) < 4.78 is 0. The molecule has 2 heteroatoms. The van der Waals surface area contributed by atoms with Gasteiger partial charge in [0.25, 0.3) is 0 Å². The first-order valence-corrected chi connectivity index (χ1v) is 7.25. The molecule has 2 aliphatic heterocycles. The van der Waals surface area contributed by atoms with Crippen LogP contribution in [0.4, 0.5) is 0 Å². The van der Waals surface area contributed by atoms with Crippen LogP contribution < -0.4 is 0 Å². The Hall–Kier alpha value is -0.0800. The van der Waals surface area contributed by atoms with E-state index in [1.165, 1.54) is 32.4 Å². The summed E-state index contributed by atoms with van der Waals surface area (Å²) in [5.41, 5.74) is 0.664. The summed E-state index contributed by atoms with van der Waals surface area (Å²) in [6.45, 7) is 16.8. The summed E-state index contributed by atoms with van der Waals surface area (Å²) in [4.78, 5) is 5.50. The van der Waals surface area contributed by atoms with E-state index in [1.807, 2.05) is 0 Å². The van der Waals surface area contributed by atoms with Gasteiger partial charge in [-0.2, -0.15) is 0 Å². The summed E-state index contributed by atoms with van der Waals surface area (Å²) in [5.74, 6) is 0. The van der Waals surface area contributed by atoms with E-state index in [4.69, 9.17) is 0 Å². The van der Waals surface area contributed by atoms with Gasteiger partial charge < -0.3 is 0 Å². The minimum Gasteiger partial charge on any atom is -0.294 e. The van der Waals surface area contributed by atoms with Crippen molar-refractivity contribution in [3.8, 4) is 0 Å². The molecule has 0 aromatic rings. The standard InChI is InChI=1S/C15H30N2/c1-14(2,3)16-10-7-8-12-13(16)9-11-17(12)15(4,5)6/h12-13H,7-11H2,1-6H3. The fourth-order valence-electron chi connectivity index (χ4n) is 3.85. The van der Waals surface area contributed by atoms with Crippen molar-refractivity contribution in [3.63, 3.8) is 0 Å². The van der Waals surface area contributed by atoms with Crippen LogP contribution in [0.15, 0.2) is 0 Å². The van der Waals surface area contributed by atoms with Crippen molar-refractivity contribution >= 4 is 0 Å². The van der Waals surface area contributed by atoms with Gasteiger partial charge >= 0.3 is 0 Å². The van der Waals surface area contributed by atoms with Crippen molar-refractivity contribution in [1.82, 2.24) is 9.80 Å². The third kappa shape index (κ3) is 2.53. The van der Waals surface area contributed by atoms with Gasteiger partial charge in [0.1, 0.15) is 0 Å². The highest BCUT2D eigenvalue weighted by Crippen LogP contribution is 2.37. The summed E-state index contributed by atoms with van der Waals surface area (Å²) in [7, 11) is 0. The highest BCUT2D eigenvalue weighted by atomic mass is 15.3. The number of nitrogens with zero attached hydrogens (tertiary/aromatic N) is 2. The quantitative estimate of drug-likeness (QED) is 0.640. The Balaban J connectivity index is 2.16. The van der Waals surface area contributed by atoms with Crippen LogP contribution in [0.25, 0.3) is 0 Å². The minimum atomic E-state index is 0.331. The largest absolute Gasteiger partial charge is 0.294 e. The molecular formula is C15H30N2. The zero-order valence-corrected chi connectivity index (χ0v) is 12.6. The fraction of sp³-hybridized carbons (Fsp3) is 1.00. The van der Waals surface area contributed by atoms with Gasteiger partial charge in [0, 0.05) is 29.7 Å². The number of rotatable bonds is 0. The average Bonchev–Trinajstić information content (AvgIpc) is 2.57. The Labute approximate surface area is 107 Å². The van der Waals surface area contributed by atoms with E-state index in [1.54, 1.807) is 0 Å². The topological polar surface area (TPSA) is 6.48 Å². The Bertz CT molecular complexity index is 272. The highest BCUT2D eigenvalue weighted by Gasteiger charge is 2.46. The van der Waals surface area contributed by atoms with Crippen LogP contribution in [-0.4, -0.2) is 46.1 Å². The molecule has 0 spiro atoms. The second kappa shape index (κ2) is 4.24. The summed E-state index contributed by atoms with van der Waals surface area (Å²) in [5, 5.41) is 0. The predicted octanol–water partition coefficient (Wildman–Crippen LogP) is 3.12. The lowest BCUT2D eigenvalue weighted by molar-refractivity contribution is 0.00450. The number of hydrogen-bond donors (Lipinski definition) is 0. The lowest BCUT2D eigenvalue weighted by atomic mass is 9.90. The van der Waals surface area contributed by atoms with E-state index in [0.29, 0.717) is 11.1 Å². The van der Waals surface area contributed by atoms with E-state index >= 15 is 0 Å². The van der Waals surface area contributed by atoms with Crippen molar-refractivity contribution in [2.24, 2.45) is 0 Å². The van der Waals surface area contributed by atoms with E-state index in [-0.39, 0.29) is 0 Å². The summed E-state index contributed by atoms with van der Waals surface area (Å²) in [6.07, 6.45) is 4.12. The maximum atomic E-state index is 2.76. The van der Waals surface area contributed by atoms with Gasteiger partial charge in [0.05, 0.1) is 0 Å². The van der Waals surface area contributed by atoms with Crippen LogP contribution in [0.5, 0.6) is 0 Å². The number of likely N-dealkylation sites (tertiary alicyclic amines) is 2. The van der Waals surface area contributed by atoms with E-state index in [2.05, 4.69) is 51.3 Å². The van der Waals surface area contributed by atoms with Gasteiger partial charge in [-0.3, -0.25) is 9.80 Å². The van der Waals surface area contributed by atoms with Gasteiger partial charge in [-0.15, -0.1) is 0 Å². The lowest BCUT2D eigenvalue weighted by Crippen LogP contribution is -2.58. The average molecular weight is 238 g/mol. The molecule has 100 valence electrons. The highest BCUT2D eigenvalue weighted by molar-refractivity contribution is 5.02. The molecule has 2 fully saturated rings. The molecule has 0 saturated carbocycles. The Morgan fingerprint density at radius 2 is 1.18 bits per heavy atom. The zero-order valence-electron chi connectivity index (χ0n) is 12.6. The predicted molar refractivity (Wildman–Crippen MR) is 74.3 cm³/mol. The number of fused-ring (bicyclic) bond motifs is 1. The van der Waals surface area contributed by atoms with Crippen molar-refractivity contribution in [2.45, 2.75) is 84.0 Å². The molecule has 2 nitrogen and oxygen atoms in total. The molecular weight excluding hydrogens is 208 g/mol. The second-order valence-electron chi connectivity index (χ2n) is 7.79. The van der Waals surface area contributed by atoms with Crippen molar-refractivity contribution in [2.75, 3.05) is 13.1 Å². The molecule has 2 heterocycles. The number of piperidine rings is 1. The van der Waals surface area contributed by atoms with Crippen LogP contribution in [-0.2, 0) is 0 Å². The Kier molecular flexibility index (Phi) is 3.33. The molecule has 0 aromatic carbocycles. The van der Waals surface area contributed by atoms with Gasteiger partial charge in [-0.05, 0) is 67.3 Å². The molecule has 2 rings (SSSR count). The summed E-state index contributed by atoms with van der Waals surface area (Å²) >= 11 is 0. The van der Waals surface area contributed by atoms with Gasteiger partial charge in [0.2, 0.25) is 0 Å². The van der Waals surface area contributed by atoms with Crippen molar-refractivity contribution in [1.29, 1.82) is 0 Å². The first kappa shape index (κ1) is 13.4. The SMILES string of the molecule is CC(C)(C)N1CCCC2C1CCN2C(C)(C)C. The van der Waals surface area contributed by atoms with Crippen molar-refractivity contribution in [3.05, 3.63) is 0 Å². The smallest absolute Gasteiger partial charge is 0.0269 e. The summed E-state index contributed by atoms with van der Waals surface area (Å²) in [6, 6.07) is 1.59.